The summed E-state index contributed by atoms with van der Waals surface area (Å²) in [4.78, 5) is 29.0. The molecule has 1 fully saturated rings. The van der Waals surface area contributed by atoms with E-state index in [4.69, 9.17) is 10.5 Å². The van der Waals surface area contributed by atoms with Crippen LogP contribution in [-0.4, -0.2) is 60.9 Å². The number of hydrogen-bond acceptors (Lipinski definition) is 4. The molecule has 2 aromatic carbocycles. The van der Waals surface area contributed by atoms with Crippen LogP contribution in [0.2, 0.25) is 0 Å². The zero-order chi connectivity index (χ0) is 20.1. The summed E-state index contributed by atoms with van der Waals surface area (Å²) in [5.74, 6) is 0.596. The lowest BCUT2D eigenvalue weighted by Gasteiger charge is -2.36. The molecule has 0 bridgehead atoms. The molecule has 0 spiro atoms. The fourth-order valence-electron chi connectivity index (χ4n) is 3.46. The summed E-state index contributed by atoms with van der Waals surface area (Å²) in [5.41, 5.74) is 8.76. The number of aryl methyl sites for hydroxylation is 1. The average Bonchev–Trinajstić information content (AvgIpc) is 2.74. The molecule has 1 heterocycles. The van der Waals surface area contributed by atoms with E-state index < -0.39 is 6.04 Å². The van der Waals surface area contributed by atoms with Gasteiger partial charge in [0.25, 0.3) is 5.91 Å². The van der Waals surface area contributed by atoms with Gasteiger partial charge < -0.3 is 20.3 Å². The molecule has 6 heteroatoms. The highest BCUT2D eigenvalue weighted by Gasteiger charge is 2.28. The Hall–Kier alpha value is -2.86. The summed E-state index contributed by atoms with van der Waals surface area (Å²) in [6.07, 6.45) is 0.516. The minimum absolute atomic E-state index is 0.0426. The Morgan fingerprint density at radius 1 is 1.04 bits per heavy atom. The maximum atomic E-state index is 12.8. The number of nitrogens with two attached hydrogens (primary N) is 1. The highest BCUT2D eigenvalue weighted by Crippen LogP contribution is 2.20. The second kappa shape index (κ2) is 8.89. The Labute approximate surface area is 165 Å². The van der Waals surface area contributed by atoms with Gasteiger partial charge in [0, 0.05) is 31.7 Å². The third-order valence-corrected chi connectivity index (χ3v) is 5.15. The van der Waals surface area contributed by atoms with Crippen molar-refractivity contribution in [3.8, 4) is 5.75 Å². The Morgan fingerprint density at radius 2 is 1.68 bits per heavy atom. The fourth-order valence-corrected chi connectivity index (χ4v) is 3.46. The summed E-state index contributed by atoms with van der Waals surface area (Å²) < 4.78 is 5.31. The van der Waals surface area contributed by atoms with Crippen molar-refractivity contribution < 1.29 is 14.3 Å². The van der Waals surface area contributed by atoms with Crippen LogP contribution in [0.4, 0.5) is 0 Å². The van der Waals surface area contributed by atoms with E-state index in [2.05, 4.69) is 0 Å². The number of rotatable bonds is 5. The number of carbonyl (C=O) groups excluding carboxylic acids is 2. The molecule has 3 rings (SSSR count). The van der Waals surface area contributed by atoms with Gasteiger partial charge in [-0.25, -0.2) is 0 Å². The standard InChI is InChI=1S/C22H27N3O3/c1-16-8-9-18(15-20(16)28-2)21(26)24-10-12-25(13-11-24)22(27)19(23)14-17-6-4-3-5-7-17/h3-9,15,19H,10-14,23H2,1-2H3/t19-/m0/s1. The fraction of sp³-hybridized carbons (Fsp3) is 0.364. The van der Waals surface area contributed by atoms with Gasteiger partial charge in [0.15, 0.2) is 0 Å². The van der Waals surface area contributed by atoms with E-state index >= 15 is 0 Å². The van der Waals surface area contributed by atoms with Crippen molar-refractivity contribution >= 4 is 11.8 Å². The first-order valence-electron chi connectivity index (χ1n) is 9.52. The Balaban J connectivity index is 1.56. The monoisotopic (exact) mass is 381 g/mol. The van der Waals surface area contributed by atoms with Gasteiger partial charge >= 0.3 is 0 Å². The van der Waals surface area contributed by atoms with Gasteiger partial charge in [-0.3, -0.25) is 9.59 Å². The molecule has 0 saturated carbocycles. The van der Waals surface area contributed by atoms with E-state index in [1.54, 1.807) is 23.0 Å². The number of amides is 2. The van der Waals surface area contributed by atoms with Gasteiger partial charge in [0.1, 0.15) is 5.75 Å². The summed E-state index contributed by atoms with van der Waals surface area (Å²) >= 11 is 0. The lowest BCUT2D eigenvalue weighted by molar-refractivity contribution is -0.134. The van der Waals surface area contributed by atoms with Crippen LogP contribution in [0.1, 0.15) is 21.5 Å². The molecular weight excluding hydrogens is 354 g/mol. The van der Waals surface area contributed by atoms with Gasteiger partial charge in [0.2, 0.25) is 5.91 Å². The second-order valence-corrected chi connectivity index (χ2v) is 7.10. The van der Waals surface area contributed by atoms with Crippen LogP contribution in [0.3, 0.4) is 0 Å². The number of methoxy groups -OCH3 is 1. The first kappa shape index (κ1) is 19.9. The number of carbonyl (C=O) groups is 2. The van der Waals surface area contributed by atoms with Crippen LogP contribution in [-0.2, 0) is 11.2 Å². The summed E-state index contributed by atoms with van der Waals surface area (Å²) in [7, 11) is 1.60. The SMILES string of the molecule is COc1cc(C(=O)N2CCN(C(=O)[C@@H](N)Cc3ccccc3)CC2)ccc1C. The first-order valence-corrected chi connectivity index (χ1v) is 9.52. The van der Waals surface area contributed by atoms with Crippen LogP contribution in [0.25, 0.3) is 0 Å². The van der Waals surface area contributed by atoms with Crippen LogP contribution >= 0.6 is 0 Å². The maximum Gasteiger partial charge on any atom is 0.254 e. The third-order valence-electron chi connectivity index (χ3n) is 5.15. The molecule has 0 aliphatic carbocycles. The van der Waals surface area contributed by atoms with Crippen molar-refractivity contribution in [2.45, 2.75) is 19.4 Å². The van der Waals surface area contributed by atoms with Gasteiger partial charge in [-0.1, -0.05) is 36.4 Å². The lowest BCUT2D eigenvalue weighted by Crippen LogP contribution is -2.54. The molecule has 28 heavy (non-hydrogen) atoms. The predicted octanol–water partition coefficient (Wildman–Crippen LogP) is 1.86. The highest BCUT2D eigenvalue weighted by atomic mass is 16.5. The Morgan fingerprint density at radius 3 is 2.32 bits per heavy atom. The molecule has 2 N–H and O–H groups in total. The molecule has 1 saturated heterocycles. The summed E-state index contributed by atoms with van der Waals surface area (Å²) in [6, 6.07) is 14.7. The number of hydrogen-bond donors (Lipinski definition) is 1. The number of benzene rings is 2. The van der Waals surface area contributed by atoms with Crippen LogP contribution in [0.15, 0.2) is 48.5 Å². The van der Waals surface area contributed by atoms with Crippen molar-refractivity contribution in [1.82, 2.24) is 9.80 Å². The molecule has 0 radical (unpaired) electrons. The van der Waals surface area contributed by atoms with Gasteiger partial charge in [-0.05, 0) is 36.6 Å². The number of nitrogens with zero attached hydrogens (tertiary/aromatic N) is 2. The number of ether oxygens (including phenoxy) is 1. The quantitative estimate of drug-likeness (QED) is 0.858. The second-order valence-electron chi connectivity index (χ2n) is 7.10. The first-order chi connectivity index (χ1) is 13.5. The van der Waals surface area contributed by atoms with Gasteiger partial charge in [-0.15, -0.1) is 0 Å². The number of piperazine rings is 1. The molecule has 148 valence electrons. The molecule has 1 atom stereocenters. The third kappa shape index (κ3) is 4.51. The molecule has 1 aliphatic rings. The topological polar surface area (TPSA) is 75.9 Å². The molecular formula is C22H27N3O3. The van der Waals surface area contributed by atoms with Crippen molar-refractivity contribution in [3.05, 3.63) is 65.2 Å². The van der Waals surface area contributed by atoms with E-state index in [1.807, 2.05) is 49.4 Å². The van der Waals surface area contributed by atoms with Crippen LogP contribution in [0.5, 0.6) is 5.75 Å². The molecule has 6 nitrogen and oxygen atoms in total. The smallest absolute Gasteiger partial charge is 0.254 e. The Kier molecular flexibility index (Phi) is 6.31. The van der Waals surface area contributed by atoms with Crippen molar-refractivity contribution in [1.29, 1.82) is 0 Å². The lowest BCUT2D eigenvalue weighted by atomic mass is 10.1. The van der Waals surface area contributed by atoms with Crippen molar-refractivity contribution in [2.75, 3.05) is 33.3 Å². The molecule has 2 amide bonds. The van der Waals surface area contributed by atoms with Crippen LogP contribution in [0, 0.1) is 6.92 Å². The van der Waals surface area contributed by atoms with E-state index in [-0.39, 0.29) is 11.8 Å². The normalized spacial score (nSPS) is 15.2. The molecule has 0 aromatic heterocycles. The van der Waals surface area contributed by atoms with Crippen molar-refractivity contribution in [2.24, 2.45) is 5.73 Å². The highest BCUT2D eigenvalue weighted by molar-refractivity contribution is 5.95. The Bertz CT molecular complexity index is 830. The van der Waals surface area contributed by atoms with Crippen molar-refractivity contribution in [3.63, 3.8) is 0 Å². The predicted molar refractivity (Wildman–Crippen MR) is 108 cm³/mol. The minimum atomic E-state index is -0.564. The van der Waals surface area contributed by atoms with E-state index in [0.717, 1.165) is 11.1 Å². The summed E-state index contributed by atoms with van der Waals surface area (Å²) in [5, 5.41) is 0. The maximum absolute atomic E-state index is 12.8. The molecule has 2 aromatic rings. The molecule has 1 aliphatic heterocycles. The zero-order valence-electron chi connectivity index (χ0n) is 16.4. The largest absolute Gasteiger partial charge is 0.496 e. The average molecular weight is 381 g/mol. The van der Waals surface area contributed by atoms with E-state index in [9.17, 15) is 9.59 Å². The zero-order valence-corrected chi connectivity index (χ0v) is 16.4. The summed E-state index contributed by atoms with van der Waals surface area (Å²) in [6.45, 7) is 3.93. The van der Waals surface area contributed by atoms with Crippen LogP contribution < -0.4 is 10.5 Å². The molecule has 0 unspecified atom stereocenters. The van der Waals surface area contributed by atoms with Gasteiger partial charge in [0.05, 0.1) is 13.2 Å². The van der Waals surface area contributed by atoms with Gasteiger partial charge in [-0.2, -0.15) is 0 Å². The minimum Gasteiger partial charge on any atom is -0.496 e. The van der Waals surface area contributed by atoms with E-state index in [0.29, 0.717) is 43.9 Å². The van der Waals surface area contributed by atoms with E-state index in [1.165, 1.54) is 0 Å².